The van der Waals surface area contributed by atoms with E-state index in [-0.39, 0.29) is 26.3 Å². The zero-order chi connectivity index (χ0) is 21.4. The number of nitrogens with one attached hydrogen (secondary N) is 1. The highest BCUT2D eigenvalue weighted by molar-refractivity contribution is 7.90. The molecule has 1 N–H and O–H groups in total. The molecule has 3 aromatic rings. The van der Waals surface area contributed by atoms with Crippen LogP contribution in [0.5, 0.6) is 0 Å². The second-order valence-electron chi connectivity index (χ2n) is 5.75. The first-order valence-electron chi connectivity index (χ1n) is 7.70. The Morgan fingerprint density at radius 1 is 1.07 bits per heavy atom. The molecule has 1 amide bonds. The Hall–Kier alpha value is -2.56. The van der Waals surface area contributed by atoms with Crippen LogP contribution in [0.25, 0.3) is 5.69 Å². The Morgan fingerprint density at radius 2 is 1.79 bits per heavy atom. The van der Waals surface area contributed by atoms with Crippen LogP contribution in [0.2, 0.25) is 10.0 Å². The molecule has 29 heavy (non-hydrogen) atoms. The maximum absolute atomic E-state index is 12.9. The average molecular weight is 464 g/mol. The molecule has 6 nitrogen and oxygen atoms in total. The van der Waals surface area contributed by atoms with Crippen LogP contribution < -0.4 is 4.72 Å². The molecule has 1 aromatic heterocycles. The van der Waals surface area contributed by atoms with Crippen molar-refractivity contribution in [2.75, 3.05) is 0 Å². The first kappa shape index (κ1) is 21.2. The average Bonchev–Trinajstić information content (AvgIpc) is 3.10. The van der Waals surface area contributed by atoms with Gasteiger partial charge in [0.15, 0.2) is 0 Å². The first-order valence-corrected chi connectivity index (χ1v) is 9.94. The maximum Gasteiger partial charge on any atom is 0.416 e. The van der Waals surface area contributed by atoms with Crippen molar-refractivity contribution < 1.29 is 26.4 Å². The van der Waals surface area contributed by atoms with Gasteiger partial charge < -0.3 is 4.57 Å². The molecule has 0 atom stereocenters. The molecule has 0 saturated carbocycles. The third-order valence-corrected chi connectivity index (χ3v) is 5.44. The zero-order valence-electron chi connectivity index (χ0n) is 14.1. The number of hydrogen-bond donors (Lipinski definition) is 1. The van der Waals surface area contributed by atoms with Crippen LogP contribution in [0.1, 0.15) is 16.1 Å². The van der Waals surface area contributed by atoms with E-state index in [4.69, 9.17) is 23.2 Å². The van der Waals surface area contributed by atoms with Crippen molar-refractivity contribution >= 4 is 39.1 Å². The number of sulfonamides is 1. The molecule has 0 radical (unpaired) electrons. The van der Waals surface area contributed by atoms with E-state index in [2.05, 4.69) is 4.98 Å². The predicted molar refractivity (Wildman–Crippen MR) is 99.7 cm³/mol. The van der Waals surface area contributed by atoms with Gasteiger partial charge in [-0.05, 0) is 36.4 Å². The van der Waals surface area contributed by atoms with Gasteiger partial charge in [-0.3, -0.25) is 4.79 Å². The van der Waals surface area contributed by atoms with Crippen LogP contribution in [0.3, 0.4) is 0 Å². The Kier molecular flexibility index (Phi) is 5.61. The summed E-state index contributed by atoms with van der Waals surface area (Å²) in [6, 6.07) is 8.07. The van der Waals surface area contributed by atoms with E-state index in [9.17, 15) is 26.4 Å². The fraction of sp³-hybridized carbons (Fsp3) is 0.0588. The first-order chi connectivity index (χ1) is 13.5. The molecule has 152 valence electrons. The van der Waals surface area contributed by atoms with E-state index in [0.29, 0.717) is 0 Å². The Bertz CT molecular complexity index is 1190. The number of halogens is 5. The molecular weight excluding hydrogens is 454 g/mol. The Morgan fingerprint density at radius 3 is 2.45 bits per heavy atom. The number of imidazole rings is 1. The van der Waals surface area contributed by atoms with Gasteiger partial charge in [0.25, 0.3) is 15.9 Å². The minimum Gasteiger partial charge on any atom is -0.305 e. The van der Waals surface area contributed by atoms with E-state index in [1.165, 1.54) is 24.3 Å². The van der Waals surface area contributed by atoms with Crippen molar-refractivity contribution in [3.63, 3.8) is 0 Å². The number of rotatable bonds is 4. The molecule has 0 aliphatic heterocycles. The molecule has 0 saturated heterocycles. The lowest BCUT2D eigenvalue weighted by Crippen LogP contribution is -2.30. The van der Waals surface area contributed by atoms with Crippen LogP contribution in [0.15, 0.2) is 59.9 Å². The third-order valence-electron chi connectivity index (χ3n) is 3.66. The highest BCUT2D eigenvalue weighted by Gasteiger charge is 2.31. The van der Waals surface area contributed by atoms with Gasteiger partial charge in [0, 0.05) is 21.9 Å². The Labute approximate surface area is 172 Å². The zero-order valence-corrected chi connectivity index (χ0v) is 16.4. The summed E-state index contributed by atoms with van der Waals surface area (Å²) in [5, 5.41) is -0.0101. The quantitative estimate of drug-likeness (QED) is 0.624. The number of carbonyl (C=O) groups excluding carboxylic acids is 1. The lowest BCUT2D eigenvalue weighted by molar-refractivity contribution is -0.137. The van der Waals surface area contributed by atoms with Gasteiger partial charge in [-0.15, -0.1) is 0 Å². The number of benzene rings is 2. The monoisotopic (exact) mass is 463 g/mol. The minimum atomic E-state index is -4.62. The van der Waals surface area contributed by atoms with Gasteiger partial charge >= 0.3 is 6.18 Å². The molecule has 0 spiro atoms. The molecule has 0 bridgehead atoms. The fourth-order valence-corrected chi connectivity index (χ4v) is 3.83. The predicted octanol–water partition coefficient (Wildman–Crippen LogP) is 4.32. The minimum absolute atomic E-state index is 0.00549. The summed E-state index contributed by atoms with van der Waals surface area (Å²) < 4.78 is 66.3. The molecule has 0 fully saturated rings. The second kappa shape index (κ2) is 7.69. The topological polar surface area (TPSA) is 81.1 Å². The number of nitrogens with zero attached hydrogens (tertiary/aromatic N) is 2. The number of hydrogen-bond acceptors (Lipinski definition) is 4. The van der Waals surface area contributed by atoms with E-state index < -0.39 is 27.7 Å². The molecule has 3 rings (SSSR count). The van der Waals surface area contributed by atoms with Crippen molar-refractivity contribution in [2.24, 2.45) is 0 Å². The van der Waals surface area contributed by atoms with E-state index in [1.807, 2.05) is 4.72 Å². The number of amides is 1. The summed E-state index contributed by atoms with van der Waals surface area (Å²) in [5.41, 5.74) is -1.32. The lowest BCUT2D eigenvalue weighted by atomic mass is 10.2. The number of carbonyl (C=O) groups is 1. The van der Waals surface area contributed by atoms with Crippen molar-refractivity contribution in [1.29, 1.82) is 0 Å². The van der Waals surface area contributed by atoms with Crippen LogP contribution >= 0.6 is 23.2 Å². The molecule has 1 heterocycles. The molecular formula is C17H10Cl2F3N3O3S. The summed E-state index contributed by atoms with van der Waals surface area (Å²) in [6.45, 7) is 0. The normalized spacial score (nSPS) is 12.0. The van der Waals surface area contributed by atoms with E-state index >= 15 is 0 Å². The van der Waals surface area contributed by atoms with Gasteiger partial charge in [0.05, 0.1) is 10.5 Å². The largest absolute Gasteiger partial charge is 0.416 e. The van der Waals surface area contributed by atoms with Crippen molar-refractivity contribution in [2.45, 2.75) is 11.1 Å². The lowest BCUT2D eigenvalue weighted by Gasteiger charge is -2.10. The second-order valence-corrected chi connectivity index (χ2v) is 8.31. The summed E-state index contributed by atoms with van der Waals surface area (Å²) in [6.07, 6.45) is -2.48. The smallest absolute Gasteiger partial charge is 0.305 e. The van der Waals surface area contributed by atoms with Crippen LogP contribution in [0.4, 0.5) is 13.2 Å². The number of aromatic nitrogens is 2. The SMILES string of the molecule is O=C(NS(=O)(=O)c1cccc(Cl)c1)c1cn(-c2cc(Cl)cc(C(F)(F)F)c2)cn1. The fourth-order valence-electron chi connectivity index (χ4n) is 2.34. The molecule has 0 aliphatic rings. The van der Waals surface area contributed by atoms with Gasteiger partial charge in [0.1, 0.15) is 12.0 Å². The van der Waals surface area contributed by atoms with E-state index in [0.717, 1.165) is 35.3 Å². The summed E-state index contributed by atoms with van der Waals surface area (Å²) >= 11 is 11.5. The summed E-state index contributed by atoms with van der Waals surface area (Å²) in [5.74, 6) is -1.07. The van der Waals surface area contributed by atoms with Crippen molar-refractivity contribution in [1.82, 2.24) is 14.3 Å². The van der Waals surface area contributed by atoms with E-state index in [1.54, 1.807) is 0 Å². The van der Waals surface area contributed by atoms with Crippen molar-refractivity contribution in [3.05, 3.63) is 76.3 Å². The Balaban J connectivity index is 1.87. The van der Waals surface area contributed by atoms with Crippen LogP contribution in [-0.2, 0) is 16.2 Å². The standard InChI is InChI=1S/C17H10Cl2F3N3O3S/c18-11-2-1-3-14(7-11)29(27,28)24-16(26)15-8-25(9-23-15)13-5-10(17(20,21)22)4-12(19)6-13/h1-9H,(H,24,26). The van der Waals surface area contributed by atoms with Gasteiger partial charge in [-0.2, -0.15) is 13.2 Å². The molecule has 12 heteroatoms. The highest BCUT2D eigenvalue weighted by atomic mass is 35.5. The van der Waals surface area contributed by atoms with Gasteiger partial charge in [0.2, 0.25) is 0 Å². The number of alkyl halides is 3. The highest BCUT2D eigenvalue weighted by Crippen LogP contribution is 2.32. The van der Waals surface area contributed by atoms with Crippen LogP contribution in [-0.4, -0.2) is 23.9 Å². The maximum atomic E-state index is 12.9. The molecule has 0 unspecified atom stereocenters. The van der Waals surface area contributed by atoms with Crippen molar-refractivity contribution in [3.8, 4) is 5.69 Å². The molecule has 2 aromatic carbocycles. The van der Waals surface area contributed by atoms with Gasteiger partial charge in [-0.25, -0.2) is 18.1 Å². The summed E-state index contributed by atoms with van der Waals surface area (Å²) in [7, 11) is -4.22. The van der Waals surface area contributed by atoms with Gasteiger partial charge in [-0.1, -0.05) is 29.3 Å². The molecule has 0 aliphatic carbocycles. The third kappa shape index (κ3) is 4.89. The van der Waals surface area contributed by atoms with Crippen LogP contribution in [0, 0.1) is 0 Å². The summed E-state index contributed by atoms with van der Waals surface area (Å²) in [4.78, 5) is 15.8.